The first-order valence-corrected chi connectivity index (χ1v) is 9.13. The van der Waals surface area contributed by atoms with Crippen LogP contribution in [0, 0.1) is 0 Å². The Kier molecular flexibility index (Phi) is 5.36. The van der Waals surface area contributed by atoms with Gasteiger partial charge >= 0.3 is 0 Å². The fraction of sp³-hybridized carbons (Fsp3) is 0.200. The summed E-state index contributed by atoms with van der Waals surface area (Å²) < 4.78 is 32.9. The molecule has 0 bridgehead atoms. The fourth-order valence-electron chi connectivity index (χ4n) is 2.03. The third-order valence-corrected chi connectivity index (χ3v) is 5.84. The largest absolute Gasteiger partial charge is 0.495 e. The summed E-state index contributed by atoms with van der Waals surface area (Å²) >= 11 is 9.37. The first-order valence-electron chi connectivity index (χ1n) is 6.52. The number of benzene rings is 2. The van der Waals surface area contributed by atoms with Gasteiger partial charge in [0.15, 0.2) is 0 Å². The number of nitrogens with zero attached hydrogens (tertiary/aromatic N) is 1. The molecule has 0 saturated carbocycles. The van der Waals surface area contributed by atoms with Crippen molar-refractivity contribution in [1.82, 2.24) is 0 Å². The lowest BCUT2D eigenvalue weighted by Crippen LogP contribution is -2.30. The number of hydrogen-bond acceptors (Lipinski definition) is 3. The Hall–Kier alpha value is -1.24. The molecule has 0 aromatic heterocycles. The molecule has 0 spiro atoms. The highest BCUT2D eigenvalue weighted by Gasteiger charge is 2.24. The standard InChI is InChI=1S/C15H15BrClNO3S/c1-3-18(12-6-4-11(16)5-7-12)22(19,20)13-8-9-15(21-2)14(17)10-13/h4-10H,3H2,1-2H3. The van der Waals surface area contributed by atoms with Crippen LogP contribution < -0.4 is 9.04 Å². The van der Waals surface area contributed by atoms with Gasteiger partial charge in [0, 0.05) is 11.0 Å². The Balaban J connectivity index is 2.47. The summed E-state index contributed by atoms with van der Waals surface area (Å²) in [5.74, 6) is 0.437. The lowest BCUT2D eigenvalue weighted by molar-refractivity contribution is 0.414. The molecule has 0 saturated heterocycles. The maximum Gasteiger partial charge on any atom is 0.264 e. The molecule has 0 aliphatic heterocycles. The molecule has 0 heterocycles. The molecule has 0 atom stereocenters. The second-order valence-corrected chi connectivity index (χ2v) is 7.63. The second kappa shape index (κ2) is 6.89. The van der Waals surface area contributed by atoms with Crippen LogP contribution in [-0.4, -0.2) is 22.1 Å². The van der Waals surface area contributed by atoms with Gasteiger partial charge in [-0.1, -0.05) is 27.5 Å². The van der Waals surface area contributed by atoms with E-state index in [-0.39, 0.29) is 9.92 Å². The molecule has 2 aromatic rings. The topological polar surface area (TPSA) is 46.6 Å². The third-order valence-electron chi connectivity index (χ3n) is 3.11. The van der Waals surface area contributed by atoms with Crippen molar-refractivity contribution >= 4 is 43.2 Å². The molecule has 0 unspecified atom stereocenters. The third kappa shape index (κ3) is 3.39. The number of anilines is 1. The molecule has 22 heavy (non-hydrogen) atoms. The van der Waals surface area contributed by atoms with Crippen molar-refractivity contribution in [3.05, 3.63) is 52.0 Å². The van der Waals surface area contributed by atoms with Gasteiger partial charge in [0.25, 0.3) is 10.0 Å². The zero-order chi connectivity index (χ0) is 16.3. The molecule has 0 aliphatic rings. The van der Waals surface area contributed by atoms with Crippen molar-refractivity contribution in [3.63, 3.8) is 0 Å². The molecule has 7 heteroatoms. The quantitative estimate of drug-likeness (QED) is 0.745. The summed E-state index contributed by atoms with van der Waals surface area (Å²) in [5, 5.41) is 0.260. The Morgan fingerprint density at radius 3 is 2.32 bits per heavy atom. The van der Waals surface area contributed by atoms with E-state index in [1.807, 2.05) is 0 Å². The van der Waals surface area contributed by atoms with E-state index in [1.165, 1.54) is 23.5 Å². The van der Waals surface area contributed by atoms with Crippen LogP contribution in [0.4, 0.5) is 5.69 Å². The highest BCUT2D eigenvalue weighted by Crippen LogP contribution is 2.30. The number of ether oxygens (including phenoxy) is 1. The molecule has 2 rings (SSSR count). The van der Waals surface area contributed by atoms with Crippen molar-refractivity contribution in [2.45, 2.75) is 11.8 Å². The summed E-state index contributed by atoms with van der Waals surface area (Å²) in [7, 11) is -2.20. The van der Waals surface area contributed by atoms with E-state index < -0.39 is 10.0 Å². The maximum atomic E-state index is 12.8. The highest BCUT2D eigenvalue weighted by atomic mass is 79.9. The van der Waals surface area contributed by atoms with E-state index in [9.17, 15) is 8.42 Å². The van der Waals surface area contributed by atoms with Crippen molar-refractivity contribution in [2.75, 3.05) is 18.0 Å². The molecule has 0 fully saturated rings. The molecule has 0 N–H and O–H groups in total. The monoisotopic (exact) mass is 403 g/mol. The van der Waals surface area contributed by atoms with Gasteiger partial charge in [0.2, 0.25) is 0 Å². The van der Waals surface area contributed by atoms with Crippen molar-refractivity contribution < 1.29 is 13.2 Å². The van der Waals surface area contributed by atoms with Gasteiger partial charge in [-0.3, -0.25) is 4.31 Å². The predicted octanol–water partition coefficient (Wildman–Crippen LogP) is 4.33. The number of sulfonamides is 1. The van der Waals surface area contributed by atoms with Crippen LogP contribution >= 0.6 is 27.5 Å². The van der Waals surface area contributed by atoms with Gasteiger partial charge in [-0.15, -0.1) is 0 Å². The zero-order valence-electron chi connectivity index (χ0n) is 12.1. The van der Waals surface area contributed by atoms with Gasteiger partial charge in [-0.25, -0.2) is 8.42 Å². The van der Waals surface area contributed by atoms with E-state index in [0.717, 1.165) is 4.47 Å². The average Bonchev–Trinajstić information content (AvgIpc) is 2.49. The smallest absolute Gasteiger partial charge is 0.264 e. The summed E-state index contributed by atoms with van der Waals surface area (Å²) in [6.07, 6.45) is 0. The number of rotatable bonds is 5. The molecular weight excluding hydrogens is 390 g/mol. The number of halogens is 2. The van der Waals surface area contributed by atoms with E-state index in [0.29, 0.717) is 18.0 Å². The summed E-state index contributed by atoms with van der Waals surface area (Å²) in [4.78, 5) is 0.128. The minimum absolute atomic E-state index is 0.128. The van der Waals surface area contributed by atoms with E-state index >= 15 is 0 Å². The molecule has 0 radical (unpaired) electrons. The highest BCUT2D eigenvalue weighted by molar-refractivity contribution is 9.10. The minimum atomic E-state index is -3.69. The summed E-state index contributed by atoms with van der Waals surface area (Å²) in [6, 6.07) is 11.5. The second-order valence-electron chi connectivity index (χ2n) is 4.44. The molecular formula is C15H15BrClNO3S. The Labute approximate surface area is 143 Å². The van der Waals surface area contributed by atoms with E-state index in [1.54, 1.807) is 37.3 Å². The maximum absolute atomic E-state index is 12.8. The van der Waals surface area contributed by atoms with Gasteiger partial charge in [-0.2, -0.15) is 0 Å². The Morgan fingerprint density at radius 2 is 1.82 bits per heavy atom. The average molecular weight is 405 g/mol. The van der Waals surface area contributed by atoms with Gasteiger partial charge in [-0.05, 0) is 49.4 Å². The first kappa shape index (κ1) is 17.1. The fourth-order valence-corrected chi connectivity index (χ4v) is 4.12. The SMILES string of the molecule is CCN(c1ccc(Br)cc1)S(=O)(=O)c1ccc(OC)c(Cl)c1. The minimum Gasteiger partial charge on any atom is -0.495 e. The van der Waals surface area contributed by atoms with Crippen LogP contribution in [0.25, 0.3) is 0 Å². The number of methoxy groups -OCH3 is 1. The van der Waals surface area contributed by atoms with Crippen LogP contribution in [0.5, 0.6) is 5.75 Å². The Bertz CT molecular complexity index is 763. The molecule has 2 aromatic carbocycles. The van der Waals surface area contributed by atoms with Gasteiger partial charge in [0.1, 0.15) is 5.75 Å². The summed E-state index contributed by atoms with van der Waals surface area (Å²) in [6.45, 7) is 2.10. The summed E-state index contributed by atoms with van der Waals surface area (Å²) in [5.41, 5.74) is 0.595. The normalized spacial score (nSPS) is 11.3. The Morgan fingerprint density at radius 1 is 1.18 bits per heavy atom. The zero-order valence-corrected chi connectivity index (χ0v) is 15.2. The van der Waals surface area contributed by atoms with Gasteiger partial charge in [0.05, 0.1) is 22.7 Å². The van der Waals surface area contributed by atoms with Crippen LogP contribution in [-0.2, 0) is 10.0 Å². The van der Waals surface area contributed by atoms with Crippen molar-refractivity contribution in [2.24, 2.45) is 0 Å². The van der Waals surface area contributed by atoms with Crippen LogP contribution in [0.2, 0.25) is 5.02 Å². The molecule has 4 nitrogen and oxygen atoms in total. The first-order chi connectivity index (χ1) is 10.4. The molecule has 0 amide bonds. The number of hydrogen-bond donors (Lipinski definition) is 0. The molecule has 0 aliphatic carbocycles. The lowest BCUT2D eigenvalue weighted by atomic mass is 10.3. The predicted molar refractivity (Wildman–Crippen MR) is 92.4 cm³/mol. The van der Waals surface area contributed by atoms with Crippen molar-refractivity contribution in [1.29, 1.82) is 0 Å². The van der Waals surface area contributed by atoms with Crippen LogP contribution in [0.1, 0.15) is 6.92 Å². The lowest BCUT2D eigenvalue weighted by Gasteiger charge is -2.23. The van der Waals surface area contributed by atoms with Crippen LogP contribution in [0.3, 0.4) is 0 Å². The van der Waals surface area contributed by atoms with E-state index in [4.69, 9.17) is 16.3 Å². The van der Waals surface area contributed by atoms with Crippen molar-refractivity contribution in [3.8, 4) is 5.75 Å². The van der Waals surface area contributed by atoms with E-state index in [2.05, 4.69) is 15.9 Å². The van der Waals surface area contributed by atoms with Crippen LogP contribution in [0.15, 0.2) is 51.8 Å². The molecule has 118 valence electrons. The van der Waals surface area contributed by atoms with Gasteiger partial charge < -0.3 is 4.74 Å².